The molecule has 4 rings (SSSR count). The second-order valence-corrected chi connectivity index (χ2v) is 6.60. The lowest BCUT2D eigenvalue weighted by atomic mass is 10.2. The van der Waals surface area contributed by atoms with Crippen molar-refractivity contribution in [2.75, 3.05) is 17.9 Å². The molecule has 26 heavy (non-hydrogen) atoms. The van der Waals surface area contributed by atoms with Crippen LogP contribution in [0, 0.1) is 0 Å². The number of aromatic nitrogens is 3. The second kappa shape index (κ2) is 7.52. The van der Waals surface area contributed by atoms with E-state index in [0.29, 0.717) is 35.9 Å². The number of carbonyl (C=O) groups excluding carboxylic acids is 1. The molecule has 0 atom stereocenters. The molecule has 0 bridgehead atoms. The van der Waals surface area contributed by atoms with E-state index in [1.54, 1.807) is 30.8 Å². The molecule has 3 heterocycles. The Hall–Kier alpha value is -2.94. The number of nitrogens with zero attached hydrogens (tertiary/aromatic N) is 3. The van der Waals surface area contributed by atoms with Crippen LogP contribution in [0.5, 0.6) is 11.5 Å². The topological polar surface area (TPSA) is 91.4 Å². The highest BCUT2D eigenvalue weighted by atomic mass is 32.2. The maximum absolute atomic E-state index is 12.1. The van der Waals surface area contributed by atoms with Gasteiger partial charge < -0.3 is 23.8 Å². The van der Waals surface area contributed by atoms with Gasteiger partial charge in [0.2, 0.25) is 12.7 Å². The SMILES string of the molecule is O=C(CCSc1nncn1Cc1ccco1)Nc1ccc2c(c1)OCO2. The summed E-state index contributed by atoms with van der Waals surface area (Å²) in [6, 6.07) is 9.07. The number of furan rings is 1. The van der Waals surface area contributed by atoms with Gasteiger partial charge in [0.15, 0.2) is 16.7 Å². The smallest absolute Gasteiger partial charge is 0.231 e. The van der Waals surface area contributed by atoms with Gasteiger partial charge in [0.25, 0.3) is 0 Å². The van der Waals surface area contributed by atoms with Crippen molar-refractivity contribution in [3.8, 4) is 11.5 Å². The molecule has 3 aromatic rings. The van der Waals surface area contributed by atoms with Crippen molar-refractivity contribution in [3.05, 3.63) is 48.7 Å². The third-order valence-corrected chi connectivity index (χ3v) is 4.69. The zero-order valence-electron chi connectivity index (χ0n) is 13.8. The van der Waals surface area contributed by atoms with Crippen molar-refractivity contribution in [2.24, 2.45) is 0 Å². The van der Waals surface area contributed by atoms with E-state index >= 15 is 0 Å². The first-order valence-corrected chi connectivity index (χ1v) is 8.99. The van der Waals surface area contributed by atoms with Crippen LogP contribution < -0.4 is 14.8 Å². The average molecular weight is 372 g/mol. The van der Waals surface area contributed by atoms with Crippen LogP contribution in [0.25, 0.3) is 0 Å². The van der Waals surface area contributed by atoms with Gasteiger partial charge in [-0.15, -0.1) is 10.2 Å². The van der Waals surface area contributed by atoms with Crippen molar-refractivity contribution in [2.45, 2.75) is 18.1 Å². The van der Waals surface area contributed by atoms with Crippen molar-refractivity contribution in [1.82, 2.24) is 14.8 Å². The number of amides is 1. The number of thioether (sulfide) groups is 1. The molecule has 1 amide bonds. The van der Waals surface area contributed by atoms with Crippen molar-refractivity contribution in [1.29, 1.82) is 0 Å². The van der Waals surface area contributed by atoms with E-state index in [1.807, 2.05) is 16.7 Å². The number of nitrogens with one attached hydrogen (secondary N) is 1. The molecular formula is C17H16N4O4S. The lowest BCUT2D eigenvalue weighted by Gasteiger charge is -2.07. The molecule has 1 aliphatic heterocycles. The quantitative estimate of drug-likeness (QED) is 0.638. The van der Waals surface area contributed by atoms with E-state index in [2.05, 4.69) is 15.5 Å². The van der Waals surface area contributed by atoms with Crippen LogP contribution in [0.1, 0.15) is 12.2 Å². The van der Waals surface area contributed by atoms with E-state index < -0.39 is 0 Å². The van der Waals surface area contributed by atoms with Crippen LogP contribution in [-0.4, -0.2) is 33.2 Å². The van der Waals surface area contributed by atoms with E-state index in [4.69, 9.17) is 13.9 Å². The van der Waals surface area contributed by atoms with Crippen LogP contribution in [0.4, 0.5) is 5.69 Å². The molecule has 0 fully saturated rings. The fraction of sp³-hybridized carbons (Fsp3) is 0.235. The predicted molar refractivity (Wildman–Crippen MR) is 94.4 cm³/mol. The minimum Gasteiger partial charge on any atom is -0.467 e. The molecule has 9 heteroatoms. The number of hydrogen-bond donors (Lipinski definition) is 1. The number of benzene rings is 1. The molecule has 1 aliphatic rings. The Morgan fingerprint density at radius 3 is 3.08 bits per heavy atom. The van der Waals surface area contributed by atoms with Gasteiger partial charge in [-0.2, -0.15) is 0 Å². The van der Waals surface area contributed by atoms with Gasteiger partial charge in [-0.3, -0.25) is 4.79 Å². The summed E-state index contributed by atoms with van der Waals surface area (Å²) >= 11 is 1.48. The van der Waals surface area contributed by atoms with Gasteiger partial charge in [0.1, 0.15) is 12.1 Å². The third kappa shape index (κ3) is 3.83. The number of carbonyl (C=O) groups is 1. The normalized spacial score (nSPS) is 12.3. The zero-order valence-corrected chi connectivity index (χ0v) is 14.6. The van der Waals surface area contributed by atoms with Crippen molar-refractivity contribution >= 4 is 23.4 Å². The van der Waals surface area contributed by atoms with Gasteiger partial charge in [0, 0.05) is 23.9 Å². The summed E-state index contributed by atoms with van der Waals surface area (Å²) in [6.45, 7) is 0.772. The van der Waals surface area contributed by atoms with Crippen LogP contribution in [0.2, 0.25) is 0 Å². The molecule has 134 valence electrons. The monoisotopic (exact) mass is 372 g/mol. The van der Waals surface area contributed by atoms with Crippen LogP contribution >= 0.6 is 11.8 Å². The molecule has 0 unspecified atom stereocenters. The number of hydrogen-bond acceptors (Lipinski definition) is 7. The summed E-state index contributed by atoms with van der Waals surface area (Å²) in [5.74, 6) is 2.67. The largest absolute Gasteiger partial charge is 0.467 e. The maximum atomic E-state index is 12.1. The molecule has 0 spiro atoms. The summed E-state index contributed by atoms with van der Waals surface area (Å²) in [5.41, 5.74) is 0.685. The fourth-order valence-electron chi connectivity index (χ4n) is 2.47. The fourth-order valence-corrected chi connectivity index (χ4v) is 3.32. The lowest BCUT2D eigenvalue weighted by molar-refractivity contribution is -0.115. The zero-order chi connectivity index (χ0) is 17.8. The molecule has 1 aromatic carbocycles. The highest BCUT2D eigenvalue weighted by molar-refractivity contribution is 7.99. The van der Waals surface area contributed by atoms with E-state index in [-0.39, 0.29) is 12.7 Å². The van der Waals surface area contributed by atoms with E-state index in [1.165, 1.54) is 11.8 Å². The van der Waals surface area contributed by atoms with Gasteiger partial charge in [-0.1, -0.05) is 11.8 Å². The number of ether oxygens (including phenoxy) is 2. The molecule has 8 nitrogen and oxygen atoms in total. The molecule has 2 aromatic heterocycles. The molecular weight excluding hydrogens is 356 g/mol. The maximum Gasteiger partial charge on any atom is 0.231 e. The highest BCUT2D eigenvalue weighted by Gasteiger charge is 2.14. The standard InChI is InChI=1S/C17H16N4O4S/c22-16(19-12-3-4-14-15(8-12)25-11-24-14)5-7-26-17-20-18-10-21(17)9-13-2-1-6-23-13/h1-4,6,8,10H,5,7,9,11H2,(H,19,22). The van der Waals surface area contributed by atoms with Gasteiger partial charge in [0.05, 0.1) is 12.8 Å². The Kier molecular flexibility index (Phi) is 4.78. The lowest BCUT2D eigenvalue weighted by Crippen LogP contribution is -2.12. The summed E-state index contributed by atoms with van der Waals surface area (Å²) in [4.78, 5) is 12.1. The predicted octanol–water partition coefficient (Wildman–Crippen LogP) is 2.77. The second-order valence-electron chi connectivity index (χ2n) is 5.54. The van der Waals surface area contributed by atoms with Gasteiger partial charge in [-0.05, 0) is 24.3 Å². The number of anilines is 1. The molecule has 0 saturated heterocycles. The minimum atomic E-state index is -0.0755. The minimum absolute atomic E-state index is 0.0755. The Morgan fingerprint density at radius 1 is 1.27 bits per heavy atom. The Morgan fingerprint density at radius 2 is 2.19 bits per heavy atom. The van der Waals surface area contributed by atoms with Gasteiger partial charge >= 0.3 is 0 Å². The summed E-state index contributed by atoms with van der Waals surface area (Å²) < 4.78 is 17.8. The Labute approximate surface area is 153 Å². The van der Waals surface area contributed by atoms with E-state index in [0.717, 1.165) is 10.9 Å². The first-order chi connectivity index (χ1) is 12.8. The van der Waals surface area contributed by atoms with Crippen LogP contribution in [-0.2, 0) is 11.3 Å². The van der Waals surface area contributed by atoms with Crippen molar-refractivity contribution in [3.63, 3.8) is 0 Å². The van der Waals surface area contributed by atoms with Crippen molar-refractivity contribution < 1.29 is 18.7 Å². The summed E-state index contributed by atoms with van der Waals surface area (Å²) in [7, 11) is 0. The number of rotatable bonds is 7. The van der Waals surface area contributed by atoms with Crippen LogP contribution in [0.15, 0.2) is 52.5 Å². The molecule has 1 N–H and O–H groups in total. The molecule has 0 saturated carbocycles. The van der Waals surface area contributed by atoms with Gasteiger partial charge in [-0.25, -0.2) is 0 Å². The molecule has 0 aliphatic carbocycles. The summed E-state index contributed by atoms with van der Waals surface area (Å²) in [6.07, 6.45) is 3.64. The Bertz CT molecular complexity index is 894. The average Bonchev–Trinajstić information content (AvgIpc) is 3.37. The first kappa shape index (κ1) is 16.5. The highest BCUT2D eigenvalue weighted by Crippen LogP contribution is 2.34. The number of fused-ring (bicyclic) bond motifs is 1. The first-order valence-electron chi connectivity index (χ1n) is 8.00. The van der Waals surface area contributed by atoms with Crippen LogP contribution in [0.3, 0.4) is 0 Å². The third-order valence-electron chi connectivity index (χ3n) is 3.70. The Balaban J connectivity index is 1.27. The molecule has 0 radical (unpaired) electrons. The van der Waals surface area contributed by atoms with E-state index in [9.17, 15) is 4.79 Å². The summed E-state index contributed by atoms with van der Waals surface area (Å²) in [5, 5.41) is 11.6.